The van der Waals surface area contributed by atoms with E-state index >= 15 is 0 Å². The molecule has 2 N–H and O–H groups in total. The van der Waals surface area contributed by atoms with Crippen LogP contribution in [0.15, 0.2) is 4.34 Å². The Morgan fingerprint density at radius 3 is 2.65 bits per heavy atom. The standard InChI is InChI=1S/C9H14N4O5S2/c1-3-18-7(15)4-5-10-20(16,17)9-13-12-8(19-9)11-6(2)14/h10H,3-5H2,1-2H3,(H,11,12,14). The molecule has 0 saturated heterocycles. The lowest BCUT2D eigenvalue weighted by molar-refractivity contribution is -0.142. The maximum Gasteiger partial charge on any atom is 0.307 e. The van der Waals surface area contributed by atoms with Gasteiger partial charge in [0.05, 0.1) is 13.0 Å². The van der Waals surface area contributed by atoms with Crippen molar-refractivity contribution in [2.75, 3.05) is 18.5 Å². The van der Waals surface area contributed by atoms with Crippen molar-refractivity contribution >= 4 is 38.4 Å². The largest absolute Gasteiger partial charge is 0.466 e. The Morgan fingerprint density at radius 1 is 1.35 bits per heavy atom. The number of ether oxygens (including phenoxy) is 1. The first-order valence-corrected chi connectivity index (χ1v) is 7.91. The van der Waals surface area contributed by atoms with Crippen molar-refractivity contribution in [3.8, 4) is 0 Å². The van der Waals surface area contributed by atoms with E-state index in [2.05, 4.69) is 25.0 Å². The number of amides is 1. The predicted molar refractivity (Wildman–Crippen MR) is 70.7 cm³/mol. The molecule has 0 radical (unpaired) electrons. The zero-order chi connectivity index (χ0) is 15.2. The van der Waals surface area contributed by atoms with E-state index in [1.165, 1.54) is 6.92 Å². The van der Waals surface area contributed by atoms with Gasteiger partial charge in [-0.2, -0.15) is 0 Å². The van der Waals surface area contributed by atoms with E-state index in [9.17, 15) is 18.0 Å². The molecule has 0 unspecified atom stereocenters. The van der Waals surface area contributed by atoms with Crippen LogP contribution in [0.4, 0.5) is 5.13 Å². The number of esters is 1. The fourth-order valence-corrected chi connectivity index (χ4v) is 3.12. The highest BCUT2D eigenvalue weighted by Crippen LogP contribution is 2.19. The number of sulfonamides is 1. The molecule has 1 aromatic heterocycles. The summed E-state index contributed by atoms with van der Waals surface area (Å²) < 4.78 is 30.2. The maximum absolute atomic E-state index is 11.8. The highest BCUT2D eigenvalue weighted by molar-refractivity contribution is 7.91. The Balaban J connectivity index is 2.58. The molecular formula is C9H14N4O5S2. The van der Waals surface area contributed by atoms with Crippen LogP contribution in [0.1, 0.15) is 20.3 Å². The van der Waals surface area contributed by atoms with Gasteiger partial charge in [-0.1, -0.05) is 11.3 Å². The molecule has 112 valence electrons. The smallest absolute Gasteiger partial charge is 0.307 e. The van der Waals surface area contributed by atoms with Gasteiger partial charge in [0.15, 0.2) is 0 Å². The second-order valence-electron chi connectivity index (χ2n) is 3.51. The summed E-state index contributed by atoms with van der Waals surface area (Å²) in [7, 11) is -3.85. The van der Waals surface area contributed by atoms with Gasteiger partial charge in [0.1, 0.15) is 0 Å². The average molecular weight is 322 g/mol. The van der Waals surface area contributed by atoms with Crippen LogP contribution in [0.3, 0.4) is 0 Å². The Hall–Kier alpha value is -1.59. The molecule has 20 heavy (non-hydrogen) atoms. The Kier molecular flexibility index (Phi) is 5.98. The van der Waals surface area contributed by atoms with Crippen LogP contribution in [0, 0.1) is 0 Å². The fourth-order valence-electron chi connectivity index (χ4n) is 1.10. The molecule has 0 spiro atoms. The van der Waals surface area contributed by atoms with Crippen molar-refractivity contribution in [1.29, 1.82) is 0 Å². The van der Waals surface area contributed by atoms with Crippen molar-refractivity contribution in [3.05, 3.63) is 0 Å². The lowest BCUT2D eigenvalue weighted by Gasteiger charge is -2.03. The van der Waals surface area contributed by atoms with Crippen LogP contribution in [0.25, 0.3) is 0 Å². The number of aromatic nitrogens is 2. The third-order valence-electron chi connectivity index (χ3n) is 1.85. The van der Waals surface area contributed by atoms with Gasteiger partial charge in [-0.15, -0.1) is 10.2 Å². The van der Waals surface area contributed by atoms with Gasteiger partial charge in [0.2, 0.25) is 15.4 Å². The van der Waals surface area contributed by atoms with Crippen molar-refractivity contribution in [1.82, 2.24) is 14.9 Å². The van der Waals surface area contributed by atoms with E-state index in [0.29, 0.717) is 11.3 Å². The number of hydrogen-bond donors (Lipinski definition) is 2. The minimum absolute atomic E-state index is 0.0789. The van der Waals surface area contributed by atoms with Crippen LogP contribution in [0.5, 0.6) is 0 Å². The lowest BCUT2D eigenvalue weighted by Crippen LogP contribution is -2.26. The monoisotopic (exact) mass is 322 g/mol. The third-order valence-corrected chi connectivity index (χ3v) is 4.51. The van der Waals surface area contributed by atoms with Gasteiger partial charge in [-0.3, -0.25) is 9.59 Å². The Bertz CT molecular complexity index is 583. The molecule has 0 aliphatic heterocycles. The van der Waals surface area contributed by atoms with Crippen LogP contribution in [-0.4, -0.2) is 43.6 Å². The Morgan fingerprint density at radius 2 is 2.05 bits per heavy atom. The van der Waals surface area contributed by atoms with Crippen molar-refractivity contribution < 1.29 is 22.7 Å². The summed E-state index contributed by atoms with van der Waals surface area (Å²) in [6, 6.07) is 0. The average Bonchev–Trinajstić information content (AvgIpc) is 2.77. The summed E-state index contributed by atoms with van der Waals surface area (Å²) in [6.07, 6.45) is -0.0789. The topological polar surface area (TPSA) is 127 Å². The van der Waals surface area contributed by atoms with Gasteiger partial charge < -0.3 is 10.1 Å². The fraction of sp³-hybridized carbons (Fsp3) is 0.556. The lowest BCUT2D eigenvalue weighted by atomic mass is 10.4. The van der Waals surface area contributed by atoms with E-state index < -0.39 is 16.0 Å². The first-order valence-electron chi connectivity index (χ1n) is 5.61. The summed E-state index contributed by atoms with van der Waals surface area (Å²) >= 11 is 0.716. The van der Waals surface area contributed by atoms with E-state index in [0.717, 1.165) is 0 Å². The van der Waals surface area contributed by atoms with E-state index in [1.807, 2.05) is 0 Å². The predicted octanol–water partition coefficient (Wildman–Crippen LogP) is -0.272. The molecule has 0 bridgehead atoms. The van der Waals surface area contributed by atoms with Gasteiger partial charge in [0.25, 0.3) is 10.0 Å². The molecule has 0 saturated carbocycles. The van der Waals surface area contributed by atoms with Crippen molar-refractivity contribution in [2.24, 2.45) is 0 Å². The minimum atomic E-state index is -3.85. The van der Waals surface area contributed by atoms with Gasteiger partial charge in [0, 0.05) is 13.5 Å². The van der Waals surface area contributed by atoms with E-state index in [4.69, 9.17) is 0 Å². The highest BCUT2D eigenvalue weighted by atomic mass is 32.2. The first kappa shape index (κ1) is 16.5. The number of carbonyl (C=O) groups is 2. The first-order chi connectivity index (χ1) is 9.35. The minimum Gasteiger partial charge on any atom is -0.466 e. The van der Waals surface area contributed by atoms with Gasteiger partial charge in [-0.05, 0) is 6.92 Å². The molecule has 1 rings (SSSR count). The summed E-state index contributed by atoms with van der Waals surface area (Å²) in [4.78, 5) is 21.9. The summed E-state index contributed by atoms with van der Waals surface area (Å²) in [5.74, 6) is -0.869. The van der Waals surface area contributed by atoms with Gasteiger partial charge in [-0.25, -0.2) is 13.1 Å². The van der Waals surface area contributed by atoms with Crippen molar-refractivity contribution in [3.63, 3.8) is 0 Å². The van der Waals surface area contributed by atoms with Crippen LogP contribution < -0.4 is 10.0 Å². The number of nitrogens with one attached hydrogen (secondary N) is 2. The highest BCUT2D eigenvalue weighted by Gasteiger charge is 2.20. The maximum atomic E-state index is 11.8. The molecule has 0 aliphatic carbocycles. The molecule has 0 atom stereocenters. The quantitative estimate of drug-likeness (QED) is 0.522. The van der Waals surface area contributed by atoms with Gasteiger partial charge >= 0.3 is 5.97 Å². The second kappa shape index (κ2) is 7.26. The summed E-state index contributed by atoms with van der Waals surface area (Å²) in [5, 5.41) is 9.40. The molecule has 0 fully saturated rings. The van der Waals surface area contributed by atoms with E-state index in [-0.39, 0.29) is 35.0 Å². The molecule has 0 aromatic carbocycles. The number of carbonyl (C=O) groups excluding carboxylic acids is 2. The third kappa shape index (κ3) is 5.19. The SMILES string of the molecule is CCOC(=O)CCNS(=O)(=O)c1nnc(NC(C)=O)s1. The molecular weight excluding hydrogens is 308 g/mol. The second-order valence-corrected chi connectivity index (χ2v) is 6.43. The summed E-state index contributed by atoms with van der Waals surface area (Å²) in [6.45, 7) is 3.07. The molecule has 9 nitrogen and oxygen atoms in total. The molecule has 11 heteroatoms. The van der Waals surface area contributed by atoms with Crippen molar-refractivity contribution in [2.45, 2.75) is 24.6 Å². The molecule has 1 amide bonds. The summed E-state index contributed by atoms with van der Waals surface area (Å²) in [5.41, 5.74) is 0. The Labute approximate surface area is 119 Å². The van der Waals surface area contributed by atoms with Crippen LogP contribution in [-0.2, 0) is 24.3 Å². The number of anilines is 1. The number of hydrogen-bond acceptors (Lipinski definition) is 8. The zero-order valence-corrected chi connectivity index (χ0v) is 12.5. The number of rotatable bonds is 7. The molecule has 0 aliphatic rings. The zero-order valence-electron chi connectivity index (χ0n) is 10.9. The molecule has 1 heterocycles. The van der Waals surface area contributed by atoms with E-state index in [1.54, 1.807) is 6.92 Å². The normalized spacial score (nSPS) is 11.1. The van der Waals surface area contributed by atoms with Crippen LogP contribution >= 0.6 is 11.3 Å². The number of nitrogens with zero attached hydrogens (tertiary/aromatic N) is 2. The molecule has 1 aromatic rings. The van der Waals surface area contributed by atoms with Crippen LogP contribution in [0.2, 0.25) is 0 Å².